The number of hydrogen-bond donors (Lipinski definition) is 1. The molecule has 4 rings (SSSR count). The standard InChI is InChI=1S/C13H11N3O2/c1-18-10-4-2-3-9(7-10)11-8-16-6-5-14-12(11)15-13(16)17/h2-8H,1H3,(H,14,15,17). The molecule has 0 aliphatic carbocycles. The minimum absolute atomic E-state index is 0.294. The van der Waals surface area contributed by atoms with Gasteiger partial charge in [-0.05, 0) is 17.7 Å². The summed E-state index contributed by atoms with van der Waals surface area (Å²) in [5.41, 5.74) is 1.51. The maximum Gasteiger partial charge on any atom is 0.353 e. The Kier molecular flexibility index (Phi) is 2.37. The molecule has 0 saturated carbocycles. The summed E-state index contributed by atoms with van der Waals surface area (Å²) in [6, 6.07) is 7.63. The number of ether oxygens (including phenoxy) is 1. The minimum Gasteiger partial charge on any atom is -0.497 e. The fraction of sp³-hybridized carbons (Fsp3) is 0.0769. The van der Waals surface area contributed by atoms with Gasteiger partial charge in [-0.1, -0.05) is 12.1 Å². The Bertz CT molecular complexity index is 689. The van der Waals surface area contributed by atoms with E-state index in [4.69, 9.17) is 4.74 Å². The van der Waals surface area contributed by atoms with Gasteiger partial charge in [-0.2, -0.15) is 4.98 Å². The predicted molar refractivity (Wildman–Crippen MR) is 69.4 cm³/mol. The molecule has 0 fully saturated rings. The van der Waals surface area contributed by atoms with Crippen molar-refractivity contribution in [3.63, 3.8) is 0 Å². The largest absolute Gasteiger partial charge is 0.497 e. The van der Waals surface area contributed by atoms with Crippen molar-refractivity contribution in [1.29, 1.82) is 0 Å². The molecule has 3 heterocycles. The number of benzene rings is 1. The second-order valence-corrected chi connectivity index (χ2v) is 3.89. The van der Waals surface area contributed by atoms with E-state index in [0.717, 1.165) is 16.9 Å². The van der Waals surface area contributed by atoms with Crippen molar-refractivity contribution in [3.8, 4) is 16.9 Å². The average Bonchev–Trinajstić information content (AvgIpc) is 2.71. The molecule has 0 spiro atoms. The first-order valence-corrected chi connectivity index (χ1v) is 5.49. The Morgan fingerprint density at radius 1 is 1.39 bits per heavy atom. The van der Waals surface area contributed by atoms with Crippen LogP contribution in [0.5, 0.6) is 5.75 Å². The summed E-state index contributed by atoms with van der Waals surface area (Å²) in [7, 11) is 1.62. The van der Waals surface area contributed by atoms with Crippen LogP contribution < -0.4 is 15.7 Å². The summed E-state index contributed by atoms with van der Waals surface area (Å²) in [5.74, 6) is 1.32. The van der Waals surface area contributed by atoms with Gasteiger partial charge in [0.15, 0.2) is 0 Å². The first kappa shape index (κ1) is 10.6. The van der Waals surface area contributed by atoms with Crippen LogP contribution in [0.15, 0.2) is 41.5 Å². The highest BCUT2D eigenvalue weighted by Crippen LogP contribution is 2.28. The molecule has 2 aliphatic heterocycles. The number of fused-ring (bicyclic) bond motifs is 3. The van der Waals surface area contributed by atoms with Crippen LogP contribution in [0, 0.1) is 0 Å². The molecule has 0 saturated heterocycles. The molecular weight excluding hydrogens is 230 g/mol. The smallest absolute Gasteiger partial charge is 0.353 e. The van der Waals surface area contributed by atoms with E-state index in [-0.39, 0.29) is 5.69 Å². The van der Waals surface area contributed by atoms with Crippen LogP contribution in [0.25, 0.3) is 17.3 Å². The van der Waals surface area contributed by atoms with E-state index < -0.39 is 0 Å². The maximum absolute atomic E-state index is 11.6. The zero-order valence-electron chi connectivity index (χ0n) is 9.75. The zero-order valence-corrected chi connectivity index (χ0v) is 9.75. The first-order chi connectivity index (χ1) is 8.78. The van der Waals surface area contributed by atoms with Gasteiger partial charge in [-0.15, -0.1) is 0 Å². The fourth-order valence-corrected chi connectivity index (χ4v) is 1.88. The molecule has 2 aliphatic rings. The van der Waals surface area contributed by atoms with Crippen LogP contribution in [0.1, 0.15) is 0 Å². The summed E-state index contributed by atoms with van der Waals surface area (Å²) in [5, 5.41) is 2.99. The van der Waals surface area contributed by atoms with Gasteiger partial charge < -0.3 is 10.1 Å². The molecule has 0 amide bonds. The number of nitrogens with one attached hydrogen (secondary N) is 1. The molecule has 18 heavy (non-hydrogen) atoms. The van der Waals surface area contributed by atoms with E-state index in [2.05, 4.69) is 10.3 Å². The van der Waals surface area contributed by atoms with Crippen molar-refractivity contribution < 1.29 is 4.74 Å². The van der Waals surface area contributed by atoms with Gasteiger partial charge in [0.1, 0.15) is 11.6 Å². The molecule has 2 bridgehead atoms. The second kappa shape index (κ2) is 4.03. The van der Waals surface area contributed by atoms with Crippen LogP contribution in [0.3, 0.4) is 0 Å². The van der Waals surface area contributed by atoms with Gasteiger partial charge >= 0.3 is 5.69 Å². The van der Waals surface area contributed by atoms with Gasteiger partial charge in [0.25, 0.3) is 0 Å². The van der Waals surface area contributed by atoms with E-state index in [9.17, 15) is 4.79 Å². The molecule has 90 valence electrons. The van der Waals surface area contributed by atoms with Crippen molar-refractivity contribution in [2.24, 2.45) is 0 Å². The molecule has 5 nitrogen and oxygen atoms in total. The lowest BCUT2D eigenvalue weighted by molar-refractivity contribution is 0.415. The highest BCUT2D eigenvalue weighted by Gasteiger charge is 2.12. The molecule has 0 unspecified atom stereocenters. The van der Waals surface area contributed by atoms with Gasteiger partial charge in [0, 0.05) is 24.2 Å². The molecule has 0 atom stereocenters. The second-order valence-electron chi connectivity index (χ2n) is 3.89. The monoisotopic (exact) mass is 241 g/mol. The summed E-state index contributed by atoms with van der Waals surface area (Å²) in [6.45, 7) is 0. The average molecular weight is 241 g/mol. The van der Waals surface area contributed by atoms with Crippen molar-refractivity contribution in [2.75, 3.05) is 12.4 Å². The van der Waals surface area contributed by atoms with E-state index in [1.54, 1.807) is 25.7 Å². The van der Waals surface area contributed by atoms with Gasteiger partial charge in [-0.25, -0.2) is 4.79 Å². The highest BCUT2D eigenvalue weighted by atomic mass is 16.5. The fourth-order valence-electron chi connectivity index (χ4n) is 1.88. The Balaban J connectivity index is 2.20. The number of aromatic nitrogens is 2. The highest BCUT2D eigenvalue weighted by molar-refractivity contribution is 5.77. The normalized spacial score (nSPS) is 12.1. The number of anilines is 1. The molecule has 0 radical (unpaired) electrons. The Labute approximate surface area is 103 Å². The lowest BCUT2D eigenvalue weighted by Gasteiger charge is -2.08. The third kappa shape index (κ3) is 1.66. The Morgan fingerprint density at radius 2 is 2.28 bits per heavy atom. The predicted octanol–water partition coefficient (Wildman–Crippen LogP) is 1.77. The third-order valence-electron chi connectivity index (χ3n) is 2.79. The van der Waals surface area contributed by atoms with E-state index in [0.29, 0.717) is 5.82 Å². The molecule has 1 aromatic heterocycles. The number of methoxy groups -OCH3 is 1. The van der Waals surface area contributed by atoms with E-state index in [1.807, 2.05) is 24.3 Å². The van der Waals surface area contributed by atoms with Gasteiger partial charge in [0.2, 0.25) is 0 Å². The SMILES string of the molecule is COc1cccc(-c2cn3c(=O)nc2NC=C3)c1. The zero-order chi connectivity index (χ0) is 12.5. The van der Waals surface area contributed by atoms with Crippen molar-refractivity contribution in [3.05, 3.63) is 47.1 Å². The molecule has 2 aromatic rings. The topological polar surface area (TPSA) is 56.2 Å². The van der Waals surface area contributed by atoms with Crippen molar-refractivity contribution in [2.45, 2.75) is 0 Å². The Morgan fingerprint density at radius 3 is 3.11 bits per heavy atom. The number of rotatable bonds is 2. The quantitative estimate of drug-likeness (QED) is 0.870. The molecule has 1 N–H and O–H groups in total. The minimum atomic E-state index is -0.294. The maximum atomic E-state index is 11.6. The lowest BCUT2D eigenvalue weighted by Crippen LogP contribution is -2.17. The van der Waals surface area contributed by atoms with Crippen LogP contribution in [-0.2, 0) is 0 Å². The van der Waals surface area contributed by atoms with Gasteiger partial charge in [-0.3, -0.25) is 4.57 Å². The summed E-state index contributed by atoms with van der Waals surface area (Å²) in [6.07, 6.45) is 5.09. The Hall–Kier alpha value is -2.56. The van der Waals surface area contributed by atoms with Crippen LogP contribution >= 0.6 is 0 Å². The van der Waals surface area contributed by atoms with Crippen LogP contribution in [-0.4, -0.2) is 16.7 Å². The van der Waals surface area contributed by atoms with Crippen LogP contribution in [0.2, 0.25) is 0 Å². The summed E-state index contributed by atoms with van der Waals surface area (Å²) in [4.78, 5) is 15.5. The summed E-state index contributed by atoms with van der Waals surface area (Å²) >= 11 is 0. The molecule has 5 heteroatoms. The first-order valence-electron chi connectivity index (χ1n) is 5.49. The lowest BCUT2D eigenvalue weighted by atomic mass is 10.1. The molecule has 1 aromatic carbocycles. The third-order valence-corrected chi connectivity index (χ3v) is 2.79. The number of hydrogen-bond acceptors (Lipinski definition) is 4. The van der Waals surface area contributed by atoms with Crippen molar-refractivity contribution >= 4 is 12.0 Å². The van der Waals surface area contributed by atoms with E-state index in [1.165, 1.54) is 4.57 Å². The number of nitrogens with zero attached hydrogens (tertiary/aromatic N) is 2. The van der Waals surface area contributed by atoms with Gasteiger partial charge in [0.05, 0.1) is 7.11 Å². The molecular formula is C13H11N3O2. The van der Waals surface area contributed by atoms with Crippen LogP contribution in [0.4, 0.5) is 5.82 Å². The van der Waals surface area contributed by atoms with E-state index >= 15 is 0 Å². The summed E-state index contributed by atoms with van der Waals surface area (Å²) < 4.78 is 6.64. The van der Waals surface area contributed by atoms with Crippen molar-refractivity contribution in [1.82, 2.24) is 9.55 Å².